The fourth-order valence-electron chi connectivity index (χ4n) is 1.71. The van der Waals surface area contributed by atoms with Crippen LogP contribution in [0.3, 0.4) is 0 Å². The summed E-state index contributed by atoms with van der Waals surface area (Å²) in [5.74, 6) is -0.335. The van der Waals surface area contributed by atoms with Gasteiger partial charge in [0.2, 0.25) is 0 Å². The maximum atomic E-state index is 13.0. The molecule has 0 spiro atoms. The molecule has 0 unspecified atom stereocenters. The van der Waals surface area contributed by atoms with Gasteiger partial charge in [-0.15, -0.1) is 0 Å². The summed E-state index contributed by atoms with van der Waals surface area (Å²) < 4.78 is 36.9. The summed E-state index contributed by atoms with van der Waals surface area (Å²) >= 11 is 1.99. The van der Waals surface area contributed by atoms with Gasteiger partial charge in [0.1, 0.15) is 5.82 Å². The summed E-state index contributed by atoms with van der Waals surface area (Å²) in [6.07, 6.45) is 1.10. The Labute approximate surface area is 130 Å². The van der Waals surface area contributed by atoms with E-state index in [0.29, 0.717) is 14.9 Å². The highest BCUT2D eigenvalue weighted by molar-refractivity contribution is 14.1. The quantitative estimate of drug-likeness (QED) is 0.607. The van der Waals surface area contributed by atoms with Crippen molar-refractivity contribution >= 4 is 49.5 Å². The SMILES string of the molecule is CS(=O)(=O)c1cccc(Nc2ccc(F)cc2I)c1N. The Morgan fingerprint density at radius 2 is 1.90 bits per heavy atom. The summed E-state index contributed by atoms with van der Waals surface area (Å²) in [7, 11) is -3.39. The zero-order valence-electron chi connectivity index (χ0n) is 10.5. The number of sulfone groups is 1. The van der Waals surface area contributed by atoms with Crippen molar-refractivity contribution in [2.45, 2.75) is 4.90 Å². The fourth-order valence-corrected chi connectivity index (χ4v) is 3.16. The summed E-state index contributed by atoms with van der Waals surface area (Å²) in [4.78, 5) is 0.0691. The molecule has 0 aliphatic heterocycles. The van der Waals surface area contributed by atoms with Crippen LogP contribution >= 0.6 is 22.6 Å². The second-order valence-corrected chi connectivity index (χ2v) is 7.39. The minimum atomic E-state index is -3.39. The van der Waals surface area contributed by atoms with Crippen LogP contribution in [0.5, 0.6) is 0 Å². The monoisotopic (exact) mass is 406 g/mol. The van der Waals surface area contributed by atoms with Gasteiger partial charge in [-0.05, 0) is 52.9 Å². The van der Waals surface area contributed by atoms with E-state index in [-0.39, 0.29) is 16.4 Å². The lowest BCUT2D eigenvalue weighted by molar-refractivity contribution is 0.602. The number of rotatable bonds is 3. The van der Waals surface area contributed by atoms with Gasteiger partial charge in [-0.2, -0.15) is 0 Å². The second-order valence-electron chi connectivity index (χ2n) is 4.24. The van der Waals surface area contributed by atoms with Crippen LogP contribution in [0.4, 0.5) is 21.5 Å². The highest BCUT2D eigenvalue weighted by Gasteiger charge is 2.14. The van der Waals surface area contributed by atoms with Gasteiger partial charge in [-0.25, -0.2) is 12.8 Å². The van der Waals surface area contributed by atoms with Gasteiger partial charge in [0, 0.05) is 9.83 Å². The van der Waals surface area contributed by atoms with Crippen LogP contribution in [0.1, 0.15) is 0 Å². The average molecular weight is 406 g/mol. The highest BCUT2D eigenvalue weighted by atomic mass is 127. The molecule has 106 valence electrons. The first-order valence-corrected chi connectivity index (χ1v) is 8.56. The van der Waals surface area contributed by atoms with Crippen molar-refractivity contribution in [3.8, 4) is 0 Å². The fraction of sp³-hybridized carbons (Fsp3) is 0.0769. The molecule has 0 aliphatic rings. The summed E-state index contributed by atoms with van der Waals surface area (Å²) in [5.41, 5.74) is 7.15. The van der Waals surface area contributed by atoms with E-state index in [0.717, 1.165) is 6.26 Å². The minimum absolute atomic E-state index is 0.0691. The third-order valence-electron chi connectivity index (χ3n) is 2.67. The maximum Gasteiger partial charge on any atom is 0.177 e. The molecule has 7 heteroatoms. The molecule has 0 saturated heterocycles. The molecule has 2 aromatic carbocycles. The minimum Gasteiger partial charge on any atom is -0.396 e. The number of nitrogen functional groups attached to an aromatic ring is 1. The van der Waals surface area contributed by atoms with Crippen molar-refractivity contribution < 1.29 is 12.8 Å². The van der Waals surface area contributed by atoms with Crippen LogP contribution in [0.2, 0.25) is 0 Å². The number of hydrogen-bond donors (Lipinski definition) is 2. The predicted molar refractivity (Wildman–Crippen MR) is 86.4 cm³/mol. The second kappa shape index (κ2) is 5.57. The van der Waals surface area contributed by atoms with Crippen LogP contribution in [0.15, 0.2) is 41.3 Å². The van der Waals surface area contributed by atoms with Crippen LogP contribution in [-0.4, -0.2) is 14.7 Å². The van der Waals surface area contributed by atoms with Crippen molar-refractivity contribution in [3.63, 3.8) is 0 Å². The molecule has 0 bridgehead atoms. The summed E-state index contributed by atoms with van der Waals surface area (Å²) in [5, 5.41) is 3.02. The largest absolute Gasteiger partial charge is 0.396 e. The number of benzene rings is 2. The van der Waals surface area contributed by atoms with Gasteiger partial charge in [-0.3, -0.25) is 0 Å². The molecule has 0 fully saturated rings. The van der Waals surface area contributed by atoms with Crippen LogP contribution < -0.4 is 11.1 Å². The van der Waals surface area contributed by atoms with E-state index in [9.17, 15) is 12.8 Å². The Balaban J connectivity index is 2.45. The molecule has 0 radical (unpaired) electrons. The van der Waals surface area contributed by atoms with Crippen molar-refractivity contribution in [1.29, 1.82) is 0 Å². The van der Waals surface area contributed by atoms with Crippen LogP contribution in [0, 0.1) is 9.39 Å². The van der Waals surface area contributed by atoms with Gasteiger partial charge < -0.3 is 11.1 Å². The first kappa shape index (κ1) is 15.0. The molecular weight excluding hydrogens is 394 g/mol. The Morgan fingerprint density at radius 1 is 1.20 bits per heavy atom. The Morgan fingerprint density at radius 3 is 2.50 bits per heavy atom. The summed E-state index contributed by atoms with van der Waals surface area (Å²) in [6, 6.07) is 8.99. The first-order chi connectivity index (χ1) is 9.29. The molecule has 0 aliphatic carbocycles. The molecule has 0 amide bonds. The Kier molecular flexibility index (Phi) is 4.19. The van der Waals surface area contributed by atoms with Crippen molar-refractivity contribution in [3.05, 3.63) is 45.8 Å². The van der Waals surface area contributed by atoms with E-state index < -0.39 is 9.84 Å². The van der Waals surface area contributed by atoms with Crippen LogP contribution in [-0.2, 0) is 9.84 Å². The van der Waals surface area contributed by atoms with E-state index in [4.69, 9.17) is 5.73 Å². The van der Waals surface area contributed by atoms with E-state index in [1.54, 1.807) is 18.2 Å². The zero-order chi connectivity index (χ0) is 14.9. The number of anilines is 3. The molecule has 0 atom stereocenters. The lowest BCUT2D eigenvalue weighted by atomic mass is 10.2. The van der Waals surface area contributed by atoms with Gasteiger partial charge in [-0.1, -0.05) is 6.07 Å². The Hall–Kier alpha value is -1.35. The molecule has 3 N–H and O–H groups in total. The third-order valence-corrected chi connectivity index (χ3v) is 4.71. The smallest absolute Gasteiger partial charge is 0.177 e. The number of nitrogens with two attached hydrogens (primary N) is 1. The van der Waals surface area contributed by atoms with Crippen LogP contribution in [0.25, 0.3) is 0 Å². The van der Waals surface area contributed by atoms with Crippen molar-refractivity contribution in [2.24, 2.45) is 0 Å². The topological polar surface area (TPSA) is 72.2 Å². The van der Waals surface area contributed by atoms with E-state index in [2.05, 4.69) is 5.32 Å². The Bertz CT molecular complexity index is 763. The average Bonchev–Trinajstić information content (AvgIpc) is 2.33. The molecule has 0 heterocycles. The molecular formula is C13H12FIN2O2S. The molecule has 2 rings (SSSR count). The molecule has 0 aromatic heterocycles. The number of hydrogen-bond acceptors (Lipinski definition) is 4. The predicted octanol–water partition coefficient (Wildman–Crippen LogP) is 3.16. The molecule has 2 aromatic rings. The van der Waals surface area contributed by atoms with E-state index in [1.807, 2.05) is 22.6 Å². The molecule has 4 nitrogen and oxygen atoms in total. The van der Waals surface area contributed by atoms with Crippen molar-refractivity contribution in [2.75, 3.05) is 17.3 Å². The first-order valence-electron chi connectivity index (χ1n) is 5.59. The number of nitrogens with one attached hydrogen (secondary N) is 1. The van der Waals surface area contributed by atoms with Gasteiger partial charge in [0.05, 0.1) is 22.0 Å². The standard InChI is InChI=1S/C13H12FIN2O2S/c1-20(18,19)12-4-2-3-11(13(12)16)17-10-6-5-8(14)7-9(10)15/h2-7,17H,16H2,1H3. The third kappa shape index (κ3) is 3.21. The zero-order valence-corrected chi connectivity index (χ0v) is 13.5. The van der Waals surface area contributed by atoms with E-state index in [1.165, 1.54) is 18.2 Å². The lowest BCUT2D eigenvalue weighted by Gasteiger charge is -2.13. The number of para-hydroxylation sites is 1. The normalized spacial score (nSPS) is 11.3. The van der Waals surface area contributed by atoms with Crippen molar-refractivity contribution in [1.82, 2.24) is 0 Å². The summed E-state index contributed by atoms with van der Waals surface area (Å²) in [6.45, 7) is 0. The molecule has 0 saturated carbocycles. The van der Waals surface area contributed by atoms with Gasteiger partial charge in [0.25, 0.3) is 0 Å². The lowest BCUT2D eigenvalue weighted by Crippen LogP contribution is -2.05. The maximum absolute atomic E-state index is 13.0. The van der Waals surface area contributed by atoms with Gasteiger partial charge in [0.15, 0.2) is 9.84 Å². The highest BCUT2D eigenvalue weighted by Crippen LogP contribution is 2.31. The number of halogens is 2. The van der Waals surface area contributed by atoms with E-state index >= 15 is 0 Å². The van der Waals surface area contributed by atoms with Gasteiger partial charge >= 0.3 is 0 Å². The molecule has 20 heavy (non-hydrogen) atoms.